The highest BCUT2D eigenvalue weighted by Crippen LogP contribution is 2.18. The fraction of sp³-hybridized carbons (Fsp3) is 0.231. The molecule has 0 aromatic heterocycles. The van der Waals surface area contributed by atoms with Crippen molar-refractivity contribution in [2.45, 2.75) is 19.4 Å². The van der Waals surface area contributed by atoms with Gasteiger partial charge in [-0.3, -0.25) is 4.79 Å². The smallest absolute Gasteiger partial charge is 0.145 e. The van der Waals surface area contributed by atoms with E-state index in [9.17, 15) is 9.90 Å². The van der Waals surface area contributed by atoms with Gasteiger partial charge in [-0.15, -0.1) is 0 Å². The van der Waals surface area contributed by atoms with Gasteiger partial charge in [-0.05, 0) is 36.6 Å². The van der Waals surface area contributed by atoms with Crippen molar-refractivity contribution in [2.75, 3.05) is 0 Å². The summed E-state index contributed by atoms with van der Waals surface area (Å²) in [5.74, 6) is 0. The first-order valence-corrected chi connectivity index (χ1v) is 4.97. The molecule has 0 bridgehead atoms. The first-order valence-electron chi connectivity index (χ1n) is 4.97. The molecular formula is C13H13NO2. The van der Waals surface area contributed by atoms with Crippen molar-refractivity contribution in [2.24, 2.45) is 0 Å². The number of carbonyl (C=O) groups excluding carboxylic acids is 1. The van der Waals surface area contributed by atoms with Gasteiger partial charge >= 0.3 is 0 Å². The number of nitriles is 1. The number of nitrogens with zero attached hydrogens (tertiary/aromatic N) is 1. The number of rotatable bonds is 4. The summed E-state index contributed by atoms with van der Waals surface area (Å²) in [5.41, 5.74) is 1.91. The molecule has 0 aliphatic rings. The number of benzene rings is 1. The molecule has 3 nitrogen and oxygen atoms in total. The number of carbonyl (C=O) groups is 1. The van der Waals surface area contributed by atoms with Crippen LogP contribution in [0, 0.1) is 11.3 Å². The third-order valence-corrected chi connectivity index (χ3v) is 2.27. The zero-order chi connectivity index (χ0) is 12.0. The second-order valence-corrected chi connectivity index (χ2v) is 3.55. The molecule has 0 heterocycles. The van der Waals surface area contributed by atoms with Crippen LogP contribution in [0.4, 0.5) is 0 Å². The Bertz CT molecular complexity index is 426. The second-order valence-electron chi connectivity index (χ2n) is 3.55. The average Bonchev–Trinajstić information content (AvgIpc) is 2.35. The third-order valence-electron chi connectivity index (χ3n) is 2.27. The van der Waals surface area contributed by atoms with Gasteiger partial charge in [-0.1, -0.05) is 18.2 Å². The fourth-order valence-corrected chi connectivity index (χ4v) is 1.26. The summed E-state index contributed by atoms with van der Waals surface area (Å²) in [4.78, 5) is 10.4. The Balaban J connectivity index is 2.70. The van der Waals surface area contributed by atoms with Gasteiger partial charge in [0.15, 0.2) is 0 Å². The van der Waals surface area contributed by atoms with E-state index in [0.717, 1.165) is 11.8 Å². The molecule has 3 heteroatoms. The van der Waals surface area contributed by atoms with Gasteiger partial charge < -0.3 is 5.11 Å². The molecule has 0 amide bonds. The van der Waals surface area contributed by atoms with Crippen molar-refractivity contribution in [1.82, 2.24) is 0 Å². The summed E-state index contributed by atoms with van der Waals surface area (Å²) in [6.45, 7) is 1.69. The normalized spacial score (nSPS) is 12.9. The van der Waals surface area contributed by atoms with E-state index in [2.05, 4.69) is 0 Å². The number of aliphatic hydroxyl groups excluding tert-OH is 1. The van der Waals surface area contributed by atoms with E-state index < -0.39 is 6.10 Å². The second kappa shape index (κ2) is 5.84. The topological polar surface area (TPSA) is 61.1 Å². The number of allylic oxidation sites excluding steroid dienone is 1. The molecule has 0 aliphatic heterocycles. The summed E-state index contributed by atoms with van der Waals surface area (Å²) in [7, 11) is 0. The zero-order valence-electron chi connectivity index (χ0n) is 9.05. The molecule has 0 saturated heterocycles. The monoisotopic (exact) mass is 215 g/mol. The van der Waals surface area contributed by atoms with Crippen LogP contribution in [0.25, 0.3) is 0 Å². The Labute approximate surface area is 94.6 Å². The van der Waals surface area contributed by atoms with E-state index >= 15 is 0 Å². The summed E-state index contributed by atoms with van der Waals surface area (Å²) >= 11 is 0. The maximum absolute atomic E-state index is 10.4. The Hall–Kier alpha value is -1.92. The third kappa shape index (κ3) is 3.34. The van der Waals surface area contributed by atoms with Crippen LogP contribution in [0.2, 0.25) is 0 Å². The van der Waals surface area contributed by atoms with Gasteiger partial charge in [-0.25, -0.2) is 0 Å². The van der Waals surface area contributed by atoms with E-state index in [1.807, 2.05) is 6.07 Å². The van der Waals surface area contributed by atoms with Crippen LogP contribution in [0.1, 0.15) is 30.6 Å². The Morgan fingerprint density at radius 1 is 1.50 bits per heavy atom. The molecule has 0 spiro atoms. The van der Waals surface area contributed by atoms with Gasteiger partial charge in [0.2, 0.25) is 0 Å². The summed E-state index contributed by atoms with van der Waals surface area (Å²) in [5, 5.41) is 18.4. The fourth-order valence-electron chi connectivity index (χ4n) is 1.26. The van der Waals surface area contributed by atoms with Crippen molar-refractivity contribution in [3.05, 3.63) is 47.0 Å². The lowest BCUT2D eigenvalue weighted by molar-refractivity contribution is -0.104. The number of hydrogen-bond donors (Lipinski definition) is 1. The molecule has 1 atom stereocenters. The lowest BCUT2D eigenvalue weighted by Crippen LogP contribution is -1.96. The maximum atomic E-state index is 10.4. The molecule has 1 N–H and O–H groups in total. The summed E-state index contributed by atoms with van der Waals surface area (Å²) in [6, 6.07) is 8.77. The molecule has 0 fully saturated rings. The standard InChI is InChI=1S/C13H13NO2/c1-10(9-15)2-7-13(16)12-5-3-11(8-14)4-6-12/h2-6,9,13,16H,7H2,1H3/b10-2+. The highest BCUT2D eigenvalue weighted by Gasteiger charge is 2.05. The molecule has 1 rings (SSSR count). The van der Waals surface area contributed by atoms with Crippen LogP contribution in [0.5, 0.6) is 0 Å². The predicted octanol–water partition coefficient (Wildman–Crippen LogP) is 2.13. The minimum atomic E-state index is -0.636. The minimum Gasteiger partial charge on any atom is -0.388 e. The van der Waals surface area contributed by atoms with Gasteiger partial charge in [0.05, 0.1) is 17.7 Å². The quantitative estimate of drug-likeness (QED) is 0.618. The molecule has 16 heavy (non-hydrogen) atoms. The van der Waals surface area contributed by atoms with Crippen molar-refractivity contribution >= 4 is 6.29 Å². The molecule has 1 aromatic carbocycles. The van der Waals surface area contributed by atoms with Gasteiger partial charge in [-0.2, -0.15) is 5.26 Å². The van der Waals surface area contributed by atoms with Crippen molar-refractivity contribution in [3.63, 3.8) is 0 Å². The molecular weight excluding hydrogens is 202 g/mol. The van der Waals surface area contributed by atoms with Crippen LogP contribution < -0.4 is 0 Å². The zero-order valence-corrected chi connectivity index (χ0v) is 9.05. The molecule has 0 radical (unpaired) electrons. The average molecular weight is 215 g/mol. The van der Waals surface area contributed by atoms with Crippen LogP contribution >= 0.6 is 0 Å². The maximum Gasteiger partial charge on any atom is 0.145 e. The van der Waals surface area contributed by atoms with Gasteiger partial charge in [0.25, 0.3) is 0 Å². The Morgan fingerprint density at radius 2 is 2.12 bits per heavy atom. The van der Waals surface area contributed by atoms with Crippen molar-refractivity contribution in [3.8, 4) is 6.07 Å². The highest BCUT2D eigenvalue weighted by atomic mass is 16.3. The van der Waals surface area contributed by atoms with E-state index in [-0.39, 0.29) is 0 Å². The Morgan fingerprint density at radius 3 is 2.62 bits per heavy atom. The van der Waals surface area contributed by atoms with Crippen molar-refractivity contribution in [1.29, 1.82) is 5.26 Å². The summed E-state index contributed by atoms with van der Waals surface area (Å²) < 4.78 is 0. The molecule has 82 valence electrons. The molecule has 0 saturated carbocycles. The Kier molecular flexibility index (Phi) is 4.43. The lowest BCUT2D eigenvalue weighted by Gasteiger charge is -2.08. The predicted molar refractivity (Wildman–Crippen MR) is 60.6 cm³/mol. The number of aldehydes is 1. The van der Waals surface area contributed by atoms with Crippen LogP contribution in [-0.2, 0) is 4.79 Å². The molecule has 1 unspecified atom stereocenters. The van der Waals surface area contributed by atoms with Crippen LogP contribution in [0.3, 0.4) is 0 Å². The number of aliphatic hydroxyl groups is 1. The van der Waals surface area contributed by atoms with E-state index in [1.165, 1.54) is 0 Å². The van der Waals surface area contributed by atoms with Gasteiger partial charge in [0.1, 0.15) is 6.29 Å². The minimum absolute atomic E-state index is 0.399. The van der Waals surface area contributed by atoms with Gasteiger partial charge in [0, 0.05) is 0 Å². The van der Waals surface area contributed by atoms with Crippen LogP contribution in [0.15, 0.2) is 35.9 Å². The number of hydrogen-bond acceptors (Lipinski definition) is 3. The van der Waals surface area contributed by atoms with Crippen LogP contribution in [-0.4, -0.2) is 11.4 Å². The van der Waals surface area contributed by atoms with E-state index in [0.29, 0.717) is 17.6 Å². The SMILES string of the molecule is C/C(C=O)=C\CC(O)c1ccc(C#N)cc1. The largest absolute Gasteiger partial charge is 0.388 e. The molecule has 1 aromatic rings. The van der Waals surface area contributed by atoms with E-state index in [4.69, 9.17) is 5.26 Å². The first kappa shape index (κ1) is 12.2. The highest BCUT2D eigenvalue weighted by molar-refractivity contribution is 5.71. The molecule has 0 aliphatic carbocycles. The first-order chi connectivity index (χ1) is 7.67. The summed E-state index contributed by atoms with van der Waals surface area (Å²) in [6.07, 6.45) is 2.21. The van der Waals surface area contributed by atoms with E-state index in [1.54, 1.807) is 37.3 Å². The van der Waals surface area contributed by atoms with Crippen molar-refractivity contribution < 1.29 is 9.90 Å². The lowest BCUT2D eigenvalue weighted by atomic mass is 10.0.